The SMILES string of the molecule is SCCC1(c2ccc(Cl)cc2)COC1. The zero-order chi connectivity index (χ0) is 10.0. The van der Waals surface area contributed by atoms with Crippen molar-refractivity contribution >= 4 is 24.2 Å². The van der Waals surface area contributed by atoms with Gasteiger partial charge in [0.2, 0.25) is 0 Å². The van der Waals surface area contributed by atoms with E-state index in [9.17, 15) is 0 Å². The minimum atomic E-state index is 0.201. The monoisotopic (exact) mass is 228 g/mol. The van der Waals surface area contributed by atoms with Crippen LogP contribution in [-0.2, 0) is 10.2 Å². The van der Waals surface area contributed by atoms with Crippen LogP contribution in [0.1, 0.15) is 12.0 Å². The van der Waals surface area contributed by atoms with Gasteiger partial charge in [-0.2, -0.15) is 12.6 Å². The smallest absolute Gasteiger partial charge is 0.0585 e. The number of rotatable bonds is 3. The molecular weight excluding hydrogens is 216 g/mol. The minimum absolute atomic E-state index is 0.201. The Balaban J connectivity index is 2.23. The fraction of sp³-hybridized carbons (Fsp3) is 0.455. The second-order valence-electron chi connectivity index (χ2n) is 3.75. The second kappa shape index (κ2) is 4.13. The molecule has 0 bridgehead atoms. The van der Waals surface area contributed by atoms with Crippen molar-refractivity contribution in [2.45, 2.75) is 11.8 Å². The van der Waals surface area contributed by atoms with Crippen molar-refractivity contribution < 1.29 is 4.74 Å². The van der Waals surface area contributed by atoms with Gasteiger partial charge in [-0.3, -0.25) is 0 Å². The molecule has 1 heterocycles. The molecule has 0 radical (unpaired) electrons. The van der Waals surface area contributed by atoms with Crippen molar-refractivity contribution in [3.63, 3.8) is 0 Å². The van der Waals surface area contributed by atoms with Gasteiger partial charge >= 0.3 is 0 Å². The molecule has 0 amide bonds. The Morgan fingerprint density at radius 1 is 1.29 bits per heavy atom. The lowest BCUT2D eigenvalue weighted by molar-refractivity contribution is -0.0613. The van der Waals surface area contributed by atoms with Crippen LogP contribution in [0.4, 0.5) is 0 Å². The second-order valence-corrected chi connectivity index (χ2v) is 4.64. The van der Waals surface area contributed by atoms with Gasteiger partial charge in [0.1, 0.15) is 0 Å². The molecule has 3 heteroatoms. The molecule has 1 aromatic carbocycles. The van der Waals surface area contributed by atoms with E-state index >= 15 is 0 Å². The van der Waals surface area contributed by atoms with E-state index in [1.54, 1.807) is 0 Å². The summed E-state index contributed by atoms with van der Waals surface area (Å²) in [6.07, 6.45) is 1.07. The summed E-state index contributed by atoms with van der Waals surface area (Å²) < 4.78 is 5.31. The van der Waals surface area contributed by atoms with E-state index in [-0.39, 0.29) is 5.41 Å². The van der Waals surface area contributed by atoms with E-state index in [1.807, 2.05) is 12.1 Å². The van der Waals surface area contributed by atoms with E-state index in [2.05, 4.69) is 24.8 Å². The first-order valence-electron chi connectivity index (χ1n) is 4.71. The van der Waals surface area contributed by atoms with Crippen molar-refractivity contribution in [3.8, 4) is 0 Å². The van der Waals surface area contributed by atoms with E-state index < -0.39 is 0 Å². The summed E-state index contributed by atoms with van der Waals surface area (Å²) >= 11 is 10.1. The third-order valence-corrected chi connectivity index (χ3v) is 3.28. The minimum Gasteiger partial charge on any atom is -0.379 e. The van der Waals surface area contributed by atoms with Gasteiger partial charge in [0.25, 0.3) is 0 Å². The van der Waals surface area contributed by atoms with Crippen LogP contribution in [-0.4, -0.2) is 19.0 Å². The summed E-state index contributed by atoms with van der Waals surface area (Å²) in [4.78, 5) is 0. The summed E-state index contributed by atoms with van der Waals surface area (Å²) in [5.74, 6) is 0.895. The van der Waals surface area contributed by atoms with Gasteiger partial charge in [-0.15, -0.1) is 0 Å². The first-order chi connectivity index (χ1) is 6.77. The van der Waals surface area contributed by atoms with Crippen LogP contribution in [0.3, 0.4) is 0 Å². The van der Waals surface area contributed by atoms with E-state index in [0.717, 1.165) is 30.4 Å². The van der Waals surface area contributed by atoms with Gasteiger partial charge in [0, 0.05) is 10.4 Å². The molecular formula is C11H13ClOS. The molecule has 1 aliphatic rings. The number of halogens is 1. The number of benzene rings is 1. The largest absolute Gasteiger partial charge is 0.379 e. The van der Waals surface area contributed by atoms with Crippen LogP contribution in [0.15, 0.2) is 24.3 Å². The van der Waals surface area contributed by atoms with E-state index in [0.29, 0.717) is 0 Å². The normalized spacial score (nSPS) is 19.0. The fourth-order valence-corrected chi connectivity index (χ4v) is 2.38. The maximum absolute atomic E-state index is 5.85. The molecule has 1 fully saturated rings. The molecule has 0 N–H and O–H groups in total. The van der Waals surface area contributed by atoms with Gasteiger partial charge in [0.15, 0.2) is 0 Å². The van der Waals surface area contributed by atoms with E-state index in [1.165, 1.54) is 5.56 Å². The number of ether oxygens (including phenoxy) is 1. The zero-order valence-electron chi connectivity index (χ0n) is 7.87. The van der Waals surface area contributed by atoms with Crippen LogP contribution in [0.5, 0.6) is 0 Å². The van der Waals surface area contributed by atoms with Crippen LogP contribution >= 0.6 is 24.2 Å². The quantitative estimate of drug-likeness (QED) is 0.783. The first-order valence-corrected chi connectivity index (χ1v) is 5.73. The van der Waals surface area contributed by atoms with Crippen LogP contribution in [0.25, 0.3) is 0 Å². The Kier molecular flexibility index (Phi) is 3.05. The molecule has 0 saturated carbocycles. The average Bonchev–Trinajstić information content (AvgIpc) is 2.13. The summed E-state index contributed by atoms with van der Waals surface area (Å²) in [5, 5.41) is 0.787. The maximum atomic E-state index is 5.85. The highest BCUT2D eigenvalue weighted by Gasteiger charge is 2.39. The van der Waals surface area contributed by atoms with Crippen LogP contribution in [0, 0.1) is 0 Å². The average molecular weight is 229 g/mol. The third kappa shape index (κ3) is 1.79. The molecule has 0 aromatic heterocycles. The summed E-state index contributed by atoms with van der Waals surface area (Å²) in [6.45, 7) is 1.63. The number of hydrogen-bond donors (Lipinski definition) is 1. The summed E-state index contributed by atoms with van der Waals surface area (Å²) in [5.41, 5.74) is 1.52. The molecule has 2 rings (SSSR count). The number of thiol groups is 1. The standard InChI is InChI=1S/C11H13ClOS/c12-10-3-1-9(2-4-10)11(5-6-14)7-13-8-11/h1-4,14H,5-8H2. The molecule has 0 spiro atoms. The molecule has 1 aromatic rings. The maximum Gasteiger partial charge on any atom is 0.0585 e. The first kappa shape index (κ1) is 10.3. The lowest BCUT2D eigenvalue weighted by atomic mass is 9.76. The van der Waals surface area contributed by atoms with Crippen molar-refractivity contribution in [3.05, 3.63) is 34.9 Å². The molecule has 76 valence electrons. The fourth-order valence-electron chi connectivity index (χ4n) is 1.82. The lowest BCUT2D eigenvalue weighted by Crippen LogP contribution is -2.47. The molecule has 0 aliphatic carbocycles. The van der Waals surface area contributed by atoms with Gasteiger partial charge in [-0.25, -0.2) is 0 Å². The predicted octanol–water partition coefficient (Wildman–Crippen LogP) is 2.93. The molecule has 14 heavy (non-hydrogen) atoms. The predicted molar refractivity (Wildman–Crippen MR) is 62.4 cm³/mol. The van der Waals surface area contributed by atoms with Crippen molar-refractivity contribution in [2.75, 3.05) is 19.0 Å². The third-order valence-electron chi connectivity index (χ3n) is 2.80. The molecule has 0 unspecified atom stereocenters. The lowest BCUT2D eigenvalue weighted by Gasteiger charge is -2.42. The molecule has 1 nitrogen and oxygen atoms in total. The molecule has 0 atom stereocenters. The van der Waals surface area contributed by atoms with Gasteiger partial charge in [-0.05, 0) is 29.9 Å². The van der Waals surface area contributed by atoms with Crippen molar-refractivity contribution in [2.24, 2.45) is 0 Å². The molecule has 1 aliphatic heterocycles. The van der Waals surface area contributed by atoms with Gasteiger partial charge < -0.3 is 4.74 Å². The zero-order valence-corrected chi connectivity index (χ0v) is 9.52. The summed E-state index contributed by atoms with van der Waals surface area (Å²) in [7, 11) is 0. The van der Waals surface area contributed by atoms with Crippen molar-refractivity contribution in [1.29, 1.82) is 0 Å². The highest BCUT2D eigenvalue weighted by molar-refractivity contribution is 7.80. The Bertz CT molecular complexity index is 306. The topological polar surface area (TPSA) is 9.23 Å². The highest BCUT2D eigenvalue weighted by atomic mass is 35.5. The Labute approximate surface area is 94.8 Å². The Morgan fingerprint density at radius 3 is 2.36 bits per heavy atom. The summed E-state index contributed by atoms with van der Waals surface area (Å²) in [6, 6.07) is 8.06. The Morgan fingerprint density at radius 2 is 1.93 bits per heavy atom. The van der Waals surface area contributed by atoms with E-state index in [4.69, 9.17) is 16.3 Å². The van der Waals surface area contributed by atoms with Crippen molar-refractivity contribution in [1.82, 2.24) is 0 Å². The molecule has 1 saturated heterocycles. The highest BCUT2D eigenvalue weighted by Crippen LogP contribution is 2.36. The van der Waals surface area contributed by atoms with Gasteiger partial charge in [0.05, 0.1) is 13.2 Å². The Hall–Kier alpha value is -0.180. The van der Waals surface area contributed by atoms with Crippen LogP contribution in [0.2, 0.25) is 5.02 Å². The number of hydrogen-bond acceptors (Lipinski definition) is 2. The van der Waals surface area contributed by atoms with Gasteiger partial charge in [-0.1, -0.05) is 23.7 Å². The van der Waals surface area contributed by atoms with Crippen LogP contribution < -0.4 is 0 Å².